The number of amides is 1. The molecule has 8 heteroatoms. The maximum atomic E-state index is 13.4. The highest BCUT2D eigenvalue weighted by Crippen LogP contribution is 2.40. The van der Waals surface area contributed by atoms with Crippen molar-refractivity contribution in [2.45, 2.75) is 12.5 Å². The van der Waals surface area contributed by atoms with E-state index in [0.717, 1.165) is 44.1 Å². The SMILES string of the molecule is COc1cccc(C(=O)C2C(=O)C(=O)N(CCC[NH+]3CCOCC3)C2c2cccs2)c1. The van der Waals surface area contributed by atoms with Crippen LogP contribution in [0.2, 0.25) is 0 Å². The van der Waals surface area contributed by atoms with Gasteiger partial charge in [-0.1, -0.05) is 18.2 Å². The van der Waals surface area contributed by atoms with Crippen molar-refractivity contribution in [1.29, 1.82) is 0 Å². The number of carbonyl (C=O) groups is 3. The molecule has 2 aliphatic rings. The fourth-order valence-electron chi connectivity index (χ4n) is 4.37. The smallest absolute Gasteiger partial charge is 0.291 e. The second kappa shape index (κ2) is 9.72. The van der Waals surface area contributed by atoms with Gasteiger partial charge >= 0.3 is 0 Å². The van der Waals surface area contributed by atoms with Gasteiger partial charge < -0.3 is 19.3 Å². The van der Waals surface area contributed by atoms with Crippen LogP contribution in [-0.4, -0.2) is 68.9 Å². The number of carbonyl (C=O) groups excluding carboxylic acids is 3. The molecular formula is C23H27N2O5S+. The highest BCUT2D eigenvalue weighted by atomic mass is 32.1. The topological polar surface area (TPSA) is 77.4 Å². The van der Waals surface area contributed by atoms with Crippen molar-refractivity contribution in [1.82, 2.24) is 4.90 Å². The average Bonchev–Trinajstić information content (AvgIpc) is 3.42. The number of Topliss-reactive ketones (excluding diaryl/α,β-unsaturated/α-hetero) is 2. The van der Waals surface area contributed by atoms with E-state index in [0.29, 0.717) is 17.9 Å². The van der Waals surface area contributed by atoms with E-state index < -0.39 is 23.7 Å². The molecule has 0 radical (unpaired) electrons. The minimum absolute atomic E-state index is 0.336. The number of likely N-dealkylation sites (tertiary alicyclic amines) is 1. The van der Waals surface area contributed by atoms with Crippen LogP contribution in [0.5, 0.6) is 5.75 Å². The predicted octanol–water partition coefficient (Wildman–Crippen LogP) is 1.01. The highest BCUT2D eigenvalue weighted by molar-refractivity contribution is 7.10. The van der Waals surface area contributed by atoms with E-state index in [9.17, 15) is 14.4 Å². The molecule has 31 heavy (non-hydrogen) atoms. The van der Waals surface area contributed by atoms with E-state index in [2.05, 4.69) is 0 Å². The lowest BCUT2D eigenvalue weighted by atomic mass is 9.89. The van der Waals surface area contributed by atoms with Crippen molar-refractivity contribution in [3.8, 4) is 5.75 Å². The number of ether oxygens (including phenoxy) is 2. The Kier molecular flexibility index (Phi) is 6.80. The molecule has 7 nitrogen and oxygen atoms in total. The lowest BCUT2D eigenvalue weighted by molar-refractivity contribution is -0.908. The van der Waals surface area contributed by atoms with Crippen LogP contribution >= 0.6 is 11.3 Å². The summed E-state index contributed by atoms with van der Waals surface area (Å²) in [5, 5.41) is 1.91. The molecule has 2 aliphatic heterocycles. The molecule has 0 saturated carbocycles. The number of ketones is 2. The summed E-state index contributed by atoms with van der Waals surface area (Å²) in [6.45, 7) is 4.79. The van der Waals surface area contributed by atoms with Crippen LogP contribution in [0.15, 0.2) is 41.8 Å². The first-order valence-electron chi connectivity index (χ1n) is 10.6. The third-order valence-corrected chi connectivity index (χ3v) is 6.95. The Morgan fingerprint density at radius 1 is 1.23 bits per heavy atom. The van der Waals surface area contributed by atoms with Gasteiger partial charge in [-0.25, -0.2) is 0 Å². The minimum atomic E-state index is -1.03. The molecule has 0 aliphatic carbocycles. The molecule has 2 fully saturated rings. The molecular weight excluding hydrogens is 416 g/mol. The van der Waals surface area contributed by atoms with Gasteiger partial charge in [0, 0.05) is 23.4 Å². The molecule has 0 bridgehead atoms. The van der Waals surface area contributed by atoms with Gasteiger partial charge in [0.2, 0.25) is 5.78 Å². The fraction of sp³-hybridized carbons (Fsp3) is 0.435. The number of benzene rings is 1. The largest absolute Gasteiger partial charge is 0.497 e. The Morgan fingerprint density at radius 2 is 2.03 bits per heavy atom. The lowest BCUT2D eigenvalue weighted by Crippen LogP contribution is -3.14. The number of morpholine rings is 1. The molecule has 4 rings (SSSR count). The highest BCUT2D eigenvalue weighted by Gasteiger charge is 2.51. The summed E-state index contributed by atoms with van der Waals surface area (Å²) in [6.07, 6.45) is 0.774. The quantitative estimate of drug-likeness (QED) is 0.374. The zero-order valence-electron chi connectivity index (χ0n) is 17.5. The summed E-state index contributed by atoms with van der Waals surface area (Å²) < 4.78 is 10.6. The Morgan fingerprint density at radius 3 is 2.74 bits per heavy atom. The van der Waals surface area contributed by atoms with Gasteiger partial charge in [0.15, 0.2) is 5.78 Å². The minimum Gasteiger partial charge on any atom is -0.497 e. The second-order valence-corrected chi connectivity index (χ2v) is 8.84. The van der Waals surface area contributed by atoms with Crippen LogP contribution in [-0.2, 0) is 14.3 Å². The molecule has 1 N–H and O–H groups in total. The van der Waals surface area contributed by atoms with Gasteiger partial charge in [0.25, 0.3) is 5.91 Å². The zero-order valence-corrected chi connectivity index (χ0v) is 18.4. The summed E-state index contributed by atoms with van der Waals surface area (Å²) >= 11 is 1.47. The summed E-state index contributed by atoms with van der Waals surface area (Å²) in [5.74, 6) is -2.01. The van der Waals surface area contributed by atoms with E-state index in [1.54, 1.807) is 29.2 Å². The van der Waals surface area contributed by atoms with Crippen molar-refractivity contribution >= 4 is 28.8 Å². The number of nitrogens with zero attached hydrogens (tertiary/aromatic N) is 1. The predicted molar refractivity (Wildman–Crippen MR) is 116 cm³/mol. The van der Waals surface area contributed by atoms with Crippen molar-refractivity contribution in [3.63, 3.8) is 0 Å². The Bertz CT molecular complexity index is 939. The second-order valence-electron chi connectivity index (χ2n) is 7.86. The van der Waals surface area contributed by atoms with Crippen LogP contribution in [0.25, 0.3) is 0 Å². The number of rotatable bonds is 8. The van der Waals surface area contributed by atoms with E-state index in [-0.39, 0.29) is 5.78 Å². The van der Waals surface area contributed by atoms with E-state index in [4.69, 9.17) is 9.47 Å². The molecule has 164 valence electrons. The Balaban J connectivity index is 1.56. The van der Waals surface area contributed by atoms with Gasteiger partial charge in [0.05, 0.1) is 32.9 Å². The van der Waals surface area contributed by atoms with Crippen molar-refractivity contribution in [2.24, 2.45) is 5.92 Å². The zero-order chi connectivity index (χ0) is 21.8. The van der Waals surface area contributed by atoms with Gasteiger partial charge in [-0.2, -0.15) is 0 Å². The third-order valence-electron chi connectivity index (χ3n) is 6.01. The van der Waals surface area contributed by atoms with Crippen molar-refractivity contribution in [2.75, 3.05) is 46.5 Å². The number of thiophene rings is 1. The number of nitrogens with one attached hydrogen (secondary N) is 1. The Hall–Kier alpha value is -2.55. The maximum Gasteiger partial charge on any atom is 0.291 e. The van der Waals surface area contributed by atoms with Crippen molar-refractivity contribution in [3.05, 3.63) is 52.2 Å². The number of methoxy groups -OCH3 is 1. The van der Waals surface area contributed by atoms with Crippen LogP contribution in [0.4, 0.5) is 0 Å². The van der Waals surface area contributed by atoms with Crippen LogP contribution < -0.4 is 9.64 Å². The Labute approximate surface area is 185 Å². The maximum absolute atomic E-state index is 13.4. The third kappa shape index (κ3) is 4.56. The van der Waals surface area contributed by atoms with E-state index >= 15 is 0 Å². The van der Waals surface area contributed by atoms with Gasteiger partial charge in [-0.15, -0.1) is 11.3 Å². The van der Waals surface area contributed by atoms with Crippen LogP contribution in [0, 0.1) is 5.92 Å². The van der Waals surface area contributed by atoms with E-state index in [1.807, 2.05) is 17.5 Å². The normalized spacial score (nSPS) is 22.2. The molecule has 3 heterocycles. The first kappa shape index (κ1) is 21.7. The lowest BCUT2D eigenvalue weighted by Gasteiger charge is -2.28. The number of quaternary nitrogens is 1. The number of hydrogen-bond donors (Lipinski definition) is 1. The molecule has 1 aromatic carbocycles. The molecule has 2 atom stereocenters. The molecule has 0 spiro atoms. The molecule has 1 aromatic heterocycles. The van der Waals surface area contributed by atoms with Crippen molar-refractivity contribution < 1.29 is 28.8 Å². The summed E-state index contributed by atoms with van der Waals surface area (Å²) in [6, 6.07) is 9.97. The average molecular weight is 444 g/mol. The summed E-state index contributed by atoms with van der Waals surface area (Å²) in [7, 11) is 1.53. The van der Waals surface area contributed by atoms with Gasteiger partial charge in [0.1, 0.15) is 24.8 Å². The molecule has 1 amide bonds. The monoisotopic (exact) mass is 443 g/mol. The van der Waals surface area contributed by atoms with E-state index in [1.165, 1.54) is 23.3 Å². The van der Waals surface area contributed by atoms with Gasteiger partial charge in [-0.3, -0.25) is 14.4 Å². The van der Waals surface area contributed by atoms with Crippen LogP contribution in [0.3, 0.4) is 0 Å². The molecule has 2 unspecified atom stereocenters. The summed E-state index contributed by atoms with van der Waals surface area (Å²) in [5.41, 5.74) is 0.381. The van der Waals surface area contributed by atoms with Crippen LogP contribution in [0.1, 0.15) is 27.7 Å². The summed E-state index contributed by atoms with van der Waals surface area (Å²) in [4.78, 5) is 43.2. The van der Waals surface area contributed by atoms with Gasteiger partial charge in [-0.05, 0) is 23.6 Å². The first-order valence-corrected chi connectivity index (χ1v) is 11.5. The standard InChI is InChI=1S/C23H26N2O5S/c1-29-17-6-2-5-16(15-17)21(26)19-20(18-7-3-14-31-18)25(23(28)22(19)27)9-4-8-24-10-12-30-13-11-24/h2-3,5-7,14-15,19-20H,4,8-13H2,1H3/p+1. The fourth-order valence-corrected chi connectivity index (χ4v) is 5.24. The number of hydrogen-bond acceptors (Lipinski definition) is 6. The molecule has 2 aromatic rings. The molecule has 2 saturated heterocycles. The first-order chi connectivity index (χ1) is 15.1.